The Balaban J connectivity index is 1.19. The highest BCUT2D eigenvalue weighted by Gasteiger charge is 2.28. The van der Waals surface area contributed by atoms with Crippen molar-refractivity contribution >= 4 is 60.8 Å². The Morgan fingerprint density at radius 1 is 1.15 bits per heavy atom. The quantitative estimate of drug-likeness (QED) is 0.178. The van der Waals surface area contributed by atoms with Gasteiger partial charge in [-0.1, -0.05) is 29.5 Å². The first kappa shape index (κ1) is 27.0. The number of fused-ring (bicyclic) bond motifs is 2. The van der Waals surface area contributed by atoms with Crippen LogP contribution in [0, 0.1) is 19.7 Å². The number of carboxylic acids is 1. The molecule has 1 aliphatic rings. The summed E-state index contributed by atoms with van der Waals surface area (Å²) in [4.78, 5) is 23.8. The minimum absolute atomic E-state index is 0.0254. The Labute approximate surface area is 243 Å². The zero-order valence-electron chi connectivity index (χ0n) is 22.5. The second-order valence-electron chi connectivity index (χ2n) is 9.80. The third-order valence-electron chi connectivity index (χ3n) is 6.92. The largest absolute Gasteiger partial charge is 0.491 e. The minimum Gasteiger partial charge on any atom is -0.491 e. The smallest absolute Gasteiger partial charge is 0.355 e. The highest BCUT2D eigenvalue weighted by atomic mass is 32.1. The molecule has 9 nitrogen and oxygen atoms in total. The lowest BCUT2D eigenvalue weighted by Crippen LogP contribution is -2.27. The van der Waals surface area contributed by atoms with E-state index in [4.69, 9.17) is 4.74 Å². The van der Waals surface area contributed by atoms with Crippen LogP contribution in [0.2, 0.25) is 0 Å². The number of hydrogen-bond donors (Lipinski definition) is 2. The van der Waals surface area contributed by atoms with Gasteiger partial charge in [-0.05, 0) is 69.4 Å². The molecule has 41 heavy (non-hydrogen) atoms. The molecule has 210 valence electrons. The lowest BCUT2D eigenvalue weighted by atomic mass is 10.0. The van der Waals surface area contributed by atoms with Gasteiger partial charge in [-0.2, -0.15) is 0 Å². The number of nitrogens with zero attached hydrogens (tertiary/aromatic N) is 5. The fourth-order valence-corrected chi connectivity index (χ4v) is 6.83. The van der Waals surface area contributed by atoms with Crippen molar-refractivity contribution in [2.24, 2.45) is 0 Å². The summed E-state index contributed by atoms with van der Waals surface area (Å²) in [6, 6.07) is 12.8. The molecule has 0 saturated heterocycles. The van der Waals surface area contributed by atoms with Crippen LogP contribution in [0.5, 0.6) is 5.75 Å². The normalized spacial score (nSPS) is 12.9. The first-order valence-electron chi connectivity index (χ1n) is 13.3. The summed E-state index contributed by atoms with van der Waals surface area (Å²) in [5, 5.41) is 23.5. The summed E-state index contributed by atoms with van der Waals surface area (Å²) in [5.74, 6) is 0.0486. The standard InChI is InChI=1S/C29H27FN6O3S2/c1-16-11-12-21(19(30)15-16)39-14-6-10-23-24(27(37)38)32-29(41-23)36-13-5-7-18-17(2)25(34-35-26(18)36)33-28-31-20-8-3-4-9-22(20)40-28/h3-4,8-9,11-12,15H,5-7,10,13-14H2,1-2H3,(H,37,38)(H,31,33,34). The lowest BCUT2D eigenvalue weighted by molar-refractivity contribution is 0.0690. The number of anilines is 4. The van der Waals surface area contributed by atoms with Crippen LogP contribution in [0.1, 0.15) is 44.9 Å². The molecular weight excluding hydrogens is 563 g/mol. The second-order valence-corrected chi connectivity index (χ2v) is 11.9. The zero-order valence-corrected chi connectivity index (χ0v) is 24.1. The number of ether oxygens (including phenoxy) is 1. The van der Waals surface area contributed by atoms with Crippen LogP contribution in [-0.2, 0) is 12.8 Å². The number of halogens is 1. The number of hydrogen-bond acceptors (Lipinski definition) is 10. The van der Waals surface area contributed by atoms with Gasteiger partial charge in [0.2, 0.25) is 0 Å². The first-order valence-corrected chi connectivity index (χ1v) is 14.9. The number of carboxylic acid groups (broad SMARTS) is 1. The van der Waals surface area contributed by atoms with E-state index in [-0.39, 0.29) is 18.1 Å². The average molecular weight is 591 g/mol. The minimum atomic E-state index is -1.08. The molecule has 1 aliphatic heterocycles. The summed E-state index contributed by atoms with van der Waals surface area (Å²) in [7, 11) is 0. The van der Waals surface area contributed by atoms with Crippen LogP contribution < -0.4 is 15.0 Å². The molecule has 2 aromatic carbocycles. The maximum Gasteiger partial charge on any atom is 0.355 e. The highest BCUT2D eigenvalue weighted by molar-refractivity contribution is 7.22. The number of nitrogens with one attached hydrogen (secondary N) is 1. The number of aromatic carboxylic acids is 1. The van der Waals surface area contributed by atoms with Crippen LogP contribution in [0.15, 0.2) is 42.5 Å². The van der Waals surface area contributed by atoms with Gasteiger partial charge in [-0.25, -0.2) is 19.2 Å². The maximum atomic E-state index is 14.1. The summed E-state index contributed by atoms with van der Waals surface area (Å²) in [6.07, 6.45) is 2.67. The lowest BCUT2D eigenvalue weighted by Gasteiger charge is -2.28. The number of aromatic nitrogens is 4. The Hall–Kier alpha value is -4.16. The Bertz CT molecular complexity index is 1720. The van der Waals surface area contributed by atoms with Crippen LogP contribution in [-0.4, -0.2) is 44.4 Å². The predicted octanol–water partition coefficient (Wildman–Crippen LogP) is 6.84. The van der Waals surface area contributed by atoms with Crippen molar-refractivity contribution in [3.05, 3.63) is 75.5 Å². The van der Waals surface area contributed by atoms with E-state index >= 15 is 0 Å². The van der Waals surface area contributed by atoms with Gasteiger partial charge in [0.25, 0.3) is 0 Å². The molecule has 0 radical (unpaired) electrons. The van der Waals surface area contributed by atoms with E-state index in [1.165, 1.54) is 17.4 Å². The molecule has 0 saturated carbocycles. The number of aryl methyl sites for hydroxylation is 2. The summed E-state index contributed by atoms with van der Waals surface area (Å²) in [5.41, 5.74) is 3.81. The van der Waals surface area contributed by atoms with Gasteiger partial charge in [0, 0.05) is 22.5 Å². The fraction of sp³-hybridized carbons (Fsp3) is 0.276. The van der Waals surface area contributed by atoms with Crippen molar-refractivity contribution in [3.63, 3.8) is 0 Å². The van der Waals surface area contributed by atoms with E-state index in [1.54, 1.807) is 23.5 Å². The van der Waals surface area contributed by atoms with E-state index in [2.05, 4.69) is 25.5 Å². The van der Waals surface area contributed by atoms with Crippen LogP contribution in [0.4, 0.5) is 26.3 Å². The number of para-hydroxylation sites is 1. The van der Waals surface area contributed by atoms with Gasteiger partial charge in [0.15, 0.2) is 39.2 Å². The highest BCUT2D eigenvalue weighted by Crippen LogP contribution is 2.39. The van der Waals surface area contributed by atoms with E-state index in [0.717, 1.165) is 44.9 Å². The molecule has 0 spiro atoms. The Morgan fingerprint density at radius 3 is 2.80 bits per heavy atom. The molecule has 6 rings (SSSR count). The number of thiazole rings is 2. The molecule has 0 unspecified atom stereocenters. The van der Waals surface area contributed by atoms with Crippen molar-refractivity contribution in [2.45, 2.75) is 39.5 Å². The third-order valence-corrected chi connectivity index (χ3v) is 9.01. The molecule has 0 atom stereocenters. The van der Waals surface area contributed by atoms with Gasteiger partial charge < -0.3 is 20.1 Å². The van der Waals surface area contributed by atoms with Gasteiger partial charge in [-0.15, -0.1) is 21.5 Å². The SMILES string of the molecule is Cc1ccc(OCCCc2sc(N3CCCc4c3nnc(Nc3nc5ccccc5s3)c4C)nc2C(=O)O)c(F)c1. The van der Waals surface area contributed by atoms with Crippen molar-refractivity contribution in [3.8, 4) is 5.75 Å². The van der Waals surface area contributed by atoms with E-state index < -0.39 is 11.8 Å². The molecule has 0 fully saturated rings. The second kappa shape index (κ2) is 11.4. The number of rotatable bonds is 9. The molecule has 0 bridgehead atoms. The number of benzene rings is 2. The molecule has 12 heteroatoms. The molecule has 2 N–H and O–H groups in total. The topological polar surface area (TPSA) is 113 Å². The maximum absolute atomic E-state index is 14.1. The molecule has 3 aromatic heterocycles. The van der Waals surface area contributed by atoms with Gasteiger partial charge in [0.1, 0.15) is 0 Å². The fourth-order valence-electron chi connectivity index (χ4n) is 4.84. The molecular formula is C29H27FN6O3S2. The van der Waals surface area contributed by atoms with Crippen molar-refractivity contribution < 1.29 is 19.0 Å². The summed E-state index contributed by atoms with van der Waals surface area (Å²) in [6.45, 7) is 4.75. The van der Waals surface area contributed by atoms with Gasteiger partial charge in [-0.3, -0.25) is 0 Å². The average Bonchev–Trinajstić information content (AvgIpc) is 3.57. The third kappa shape index (κ3) is 5.57. The molecule has 0 amide bonds. The number of carbonyl (C=O) groups is 1. The van der Waals surface area contributed by atoms with E-state index in [9.17, 15) is 14.3 Å². The zero-order chi connectivity index (χ0) is 28.5. The van der Waals surface area contributed by atoms with Gasteiger partial charge >= 0.3 is 5.97 Å². The first-order chi connectivity index (χ1) is 19.9. The van der Waals surface area contributed by atoms with Crippen molar-refractivity contribution in [1.29, 1.82) is 0 Å². The van der Waals surface area contributed by atoms with Crippen molar-refractivity contribution in [1.82, 2.24) is 20.2 Å². The summed E-state index contributed by atoms with van der Waals surface area (Å²) >= 11 is 2.90. The molecule has 0 aliphatic carbocycles. The predicted molar refractivity (Wildman–Crippen MR) is 159 cm³/mol. The molecule has 5 aromatic rings. The Morgan fingerprint density at radius 2 is 2.00 bits per heavy atom. The van der Waals surface area contributed by atoms with Crippen molar-refractivity contribution in [2.75, 3.05) is 23.4 Å². The van der Waals surface area contributed by atoms with Crippen LogP contribution in [0.25, 0.3) is 10.2 Å². The monoisotopic (exact) mass is 590 g/mol. The van der Waals surface area contributed by atoms with Gasteiger partial charge in [0.05, 0.1) is 16.8 Å². The van der Waals surface area contributed by atoms with Crippen LogP contribution >= 0.6 is 22.7 Å². The van der Waals surface area contributed by atoms with Crippen LogP contribution in [0.3, 0.4) is 0 Å². The van der Waals surface area contributed by atoms with E-state index in [0.29, 0.717) is 41.0 Å². The Kier molecular flexibility index (Phi) is 7.50. The van der Waals surface area contributed by atoms with E-state index in [1.807, 2.05) is 43.0 Å². The summed E-state index contributed by atoms with van der Waals surface area (Å²) < 4.78 is 20.8. The molecule has 4 heterocycles.